The van der Waals surface area contributed by atoms with Crippen molar-refractivity contribution in [3.8, 4) is 11.3 Å². The van der Waals surface area contributed by atoms with E-state index in [1.807, 2.05) is 82.4 Å². The molecule has 0 aliphatic carbocycles. The third-order valence-electron chi connectivity index (χ3n) is 7.46. The molecule has 0 unspecified atom stereocenters. The Morgan fingerprint density at radius 1 is 0.895 bits per heavy atom. The Kier molecular flexibility index (Phi) is 5.85. The first kappa shape index (κ1) is 25.0. The highest BCUT2D eigenvalue weighted by molar-refractivity contribution is 6.62. The molecule has 1 fully saturated rings. The van der Waals surface area contributed by atoms with E-state index >= 15 is 0 Å². The fourth-order valence-electron chi connectivity index (χ4n) is 4.67. The van der Waals surface area contributed by atoms with Crippen molar-refractivity contribution >= 4 is 69.0 Å². The summed E-state index contributed by atoms with van der Waals surface area (Å²) in [4.78, 5) is 23.9. The first-order valence-corrected chi connectivity index (χ1v) is 13.0. The minimum absolute atomic E-state index is 0.233. The Hall–Kier alpha value is -3.30. The Labute approximate surface area is 229 Å². The number of fused-ring (bicyclic) bond motifs is 3. The van der Waals surface area contributed by atoms with Gasteiger partial charge in [0.2, 0.25) is 0 Å². The minimum atomic E-state index is -0.559. The first-order valence-electron chi connectivity index (χ1n) is 12.2. The van der Waals surface area contributed by atoms with Crippen LogP contribution in [0.4, 0.5) is 11.5 Å². The number of halogens is 2. The Balaban J connectivity index is 1.46. The molecule has 38 heavy (non-hydrogen) atoms. The zero-order valence-corrected chi connectivity index (χ0v) is 22.8. The van der Waals surface area contributed by atoms with Crippen molar-refractivity contribution in [1.29, 1.82) is 0 Å². The summed E-state index contributed by atoms with van der Waals surface area (Å²) >= 11 is 13.3. The molecule has 5 aromatic rings. The lowest BCUT2D eigenvalue weighted by molar-refractivity contribution is 0.00578. The van der Waals surface area contributed by atoms with Crippen LogP contribution in [0.1, 0.15) is 27.7 Å². The van der Waals surface area contributed by atoms with Crippen LogP contribution >= 0.6 is 23.2 Å². The predicted molar refractivity (Wildman–Crippen MR) is 155 cm³/mol. The lowest BCUT2D eigenvalue weighted by Gasteiger charge is -2.32. The summed E-state index contributed by atoms with van der Waals surface area (Å²) in [5.74, 6) is 0.471. The van der Waals surface area contributed by atoms with Gasteiger partial charge in [-0.15, -0.1) is 0 Å². The van der Waals surface area contributed by atoms with Crippen LogP contribution in [0.15, 0.2) is 65.7 Å². The summed E-state index contributed by atoms with van der Waals surface area (Å²) in [6, 6.07) is 15.0. The zero-order chi connectivity index (χ0) is 26.8. The van der Waals surface area contributed by atoms with Crippen LogP contribution in [0, 0.1) is 0 Å². The number of nitrogens with one attached hydrogen (secondary N) is 3. The third-order valence-corrected chi connectivity index (χ3v) is 8.05. The van der Waals surface area contributed by atoms with E-state index in [1.54, 1.807) is 6.20 Å². The van der Waals surface area contributed by atoms with Gasteiger partial charge in [0, 0.05) is 34.4 Å². The van der Waals surface area contributed by atoms with E-state index in [0.717, 1.165) is 16.7 Å². The number of rotatable bonds is 4. The lowest BCUT2D eigenvalue weighted by atomic mass is 9.78. The number of hydrogen-bond acceptors (Lipinski definition) is 5. The highest BCUT2D eigenvalue weighted by atomic mass is 35.5. The van der Waals surface area contributed by atoms with Crippen molar-refractivity contribution in [3.63, 3.8) is 0 Å². The molecule has 6 rings (SSSR count). The van der Waals surface area contributed by atoms with E-state index in [4.69, 9.17) is 37.5 Å². The molecule has 0 bridgehead atoms. The van der Waals surface area contributed by atoms with Crippen LogP contribution in [0.3, 0.4) is 0 Å². The molecule has 1 saturated heterocycles. The highest BCUT2D eigenvalue weighted by Gasteiger charge is 2.51. The van der Waals surface area contributed by atoms with Crippen LogP contribution < -0.4 is 16.3 Å². The maximum Gasteiger partial charge on any atom is 0.494 e. The SMILES string of the molecule is CC1(C)OB(c2ccc3nc(Nc4c(Cl)cc(-c5ccc[nH]5)cc4Cl)c4cc[nH]c(=O)c4c3c2)OC1(C)C. The van der Waals surface area contributed by atoms with E-state index in [-0.39, 0.29) is 5.56 Å². The van der Waals surface area contributed by atoms with Gasteiger partial charge in [0.05, 0.1) is 37.8 Å². The molecular weight excluding hydrogens is 522 g/mol. The molecule has 10 heteroatoms. The van der Waals surface area contributed by atoms with Gasteiger partial charge in [-0.25, -0.2) is 4.98 Å². The summed E-state index contributed by atoms with van der Waals surface area (Å²) in [5.41, 5.74) is 2.52. The van der Waals surface area contributed by atoms with Crippen LogP contribution in [-0.2, 0) is 9.31 Å². The summed E-state index contributed by atoms with van der Waals surface area (Å²) in [6.07, 6.45) is 3.43. The molecule has 1 aliphatic rings. The number of aromatic nitrogens is 3. The molecule has 3 aromatic heterocycles. The van der Waals surface area contributed by atoms with Gasteiger partial charge in [-0.05, 0) is 69.6 Å². The highest BCUT2D eigenvalue weighted by Crippen LogP contribution is 2.39. The number of nitrogens with zero attached hydrogens (tertiary/aromatic N) is 1. The minimum Gasteiger partial charge on any atom is -0.399 e. The standard InChI is InChI=1S/C28H25BCl2N4O3/c1-27(2)28(3,4)38-29(37-27)16-7-8-22-18(14-16)23-17(9-11-33-26(23)36)25(34-22)35-24-19(30)12-15(13-20(24)31)21-6-5-10-32-21/h5-14,32H,1-4H3,(H,33,36)(H,34,35). The molecule has 192 valence electrons. The molecule has 4 heterocycles. The van der Waals surface area contributed by atoms with Crippen LogP contribution in [0.5, 0.6) is 0 Å². The molecule has 2 aromatic carbocycles. The summed E-state index contributed by atoms with van der Waals surface area (Å²) in [7, 11) is -0.559. The van der Waals surface area contributed by atoms with Gasteiger partial charge in [0.1, 0.15) is 5.82 Å². The molecule has 3 N–H and O–H groups in total. The molecule has 7 nitrogen and oxygen atoms in total. The summed E-state index contributed by atoms with van der Waals surface area (Å²) in [6.45, 7) is 8.03. The molecular formula is C28H25BCl2N4O3. The van der Waals surface area contributed by atoms with Crippen molar-refractivity contribution < 1.29 is 9.31 Å². The molecule has 0 spiro atoms. The van der Waals surface area contributed by atoms with Crippen molar-refractivity contribution in [2.45, 2.75) is 38.9 Å². The molecule has 0 radical (unpaired) electrons. The normalized spacial score (nSPS) is 16.4. The molecule has 1 aliphatic heterocycles. The van der Waals surface area contributed by atoms with Crippen molar-refractivity contribution in [2.75, 3.05) is 5.32 Å². The van der Waals surface area contributed by atoms with Gasteiger partial charge < -0.3 is 24.6 Å². The van der Waals surface area contributed by atoms with Gasteiger partial charge >= 0.3 is 7.12 Å². The maximum absolute atomic E-state index is 13.1. The predicted octanol–water partition coefficient (Wildman–Crippen LogP) is 6.42. The largest absolute Gasteiger partial charge is 0.494 e. The average molecular weight is 547 g/mol. The topological polar surface area (TPSA) is 92.0 Å². The Morgan fingerprint density at radius 2 is 1.61 bits per heavy atom. The first-order chi connectivity index (χ1) is 18.0. The number of anilines is 2. The van der Waals surface area contributed by atoms with Crippen molar-refractivity contribution in [3.05, 3.63) is 81.3 Å². The van der Waals surface area contributed by atoms with E-state index in [9.17, 15) is 4.79 Å². The third kappa shape index (κ3) is 4.09. The van der Waals surface area contributed by atoms with Crippen molar-refractivity contribution in [2.24, 2.45) is 0 Å². The number of aromatic amines is 2. The second-order valence-electron chi connectivity index (χ2n) is 10.4. The van der Waals surface area contributed by atoms with Gasteiger partial charge in [0.25, 0.3) is 5.56 Å². The van der Waals surface area contributed by atoms with E-state index in [2.05, 4.69) is 15.3 Å². The Morgan fingerprint density at radius 3 is 2.26 bits per heavy atom. The number of hydrogen-bond donors (Lipinski definition) is 3. The quantitative estimate of drug-likeness (QED) is 0.179. The lowest BCUT2D eigenvalue weighted by Crippen LogP contribution is -2.41. The maximum atomic E-state index is 13.1. The van der Waals surface area contributed by atoms with Gasteiger partial charge in [-0.3, -0.25) is 4.79 Å². The molecule has 0 atom stereocenters. The fourth-order valence-corrected chi connectivity index (χ4v) is 5.25. The van der Waals surface area contributed by atoms with E-state index < -0.39 is 18.3 Å². The van der Waals surface area contributed by atoms with Gasteiger partial charge in [-0.2, -0.15) is 0 Å². The number of benzene rings is 2. The Bertz CT molecular complexity index is 1730. The van der Waals surface area contributed by atoms with Crippen LogP contribution in [0.25, 0.3) is 32.9 Å². The van der Waals surface area contributed by atoms with Gasteiger partial charge in [0.15, 0.2) is 0 Å². The average Bonchev–Trinajstić information content (AvgIpc) is 3.47. The zero-order valence-electron chi connectivity index (χ0n) is 21.3. The second kappa shape index (κ2) is 8.88. The molecule has 0 amide bonds. The fraction of sp³-hybridized carbons (Fsp3) is 0.214. The second-order valence-corrected chi connectivity index (χ2v) is 11.3. The number of pyridine rings is 2. The smallest absolute Gasteiger partial charge is 0.399 e. The van der Waals surface area contributed by atoms with Crippen molar-refractivity contribution in [1.82, 2.24) is 15.0 Å². The summed E-state index contributed by atoms with van der Waals surface area (Å²) < 4.78 is 12.5. The molecule has 0 saturated carbocycles. The summed E-state index contributed by atoms with van der Waals surface area (Å²) in [5, 5.41) is 5.96. The van der Waals surface area contributed by atoms with Crippen LogP contribution in [0.2, 0.25) is 10.0 Å². The van der Waals surface area contributed by atoms with E-state index in [0.29, 0.717) is 43.2 Å². The van der Waals surface area contributed by atoms with E-state index in [1.165, 1.54) is 0 Å². The van der Waals surface area contributed by atoms with Gasteiger partial charge in [-0.1, -0.05) is 35.3 Å². The van der Waals surface area contributed by atoms with Crippen LogP contribution in [-0.4, -0.2) is 33.3 Å². The monoisotopic (exact) mass is 546 g/mol. The number of H-pyrrole nitrogens is 2.